The number of nitrogens with zero attached hydrogens (tertiary/aromatic N) is 1. The molecule has 0 bridgehead atoms. The van der Waals surface area contributed by atoms with E-state index in [1.54, 1.807) is 19.2 Å². The minimum atomic E-state index is -0.322. The second kappa shape index (κ2) is 11.3. The van der Waals surface area contributed by atoms with Crippen LogP contribution in [0.15, 0.2) is 29.3 Å². The molecule has 0 aliphatic rings. The van der Waals surface area contributed by atoms with Gasteiger partial charge in [-0.3, -0.25) is 9.79 Å². The van der Waals surface area contributed by atoms with Crippen LogP contribution in [0, 0.1) is 5.82 Å². The lowest BCUT2D eigenvalue weighted by Gasteiger charge is -2.20. The maximum absolute atomic E-state index is 13.2. The summed E-state index contributed by atoms with van der Waals surface area (Å²) in [5, 5.41) is 9.08. The number of carbonyl (C=O) groups is 1. The zero-order valence-electron chi connectivity index (χ0n) is 15.4. The van der Waals surface area contributed by atoms with Gasteiger partial charge in [-0.25, -0.2) is 4.39 Å². The summed E-state index contributed by atoms with van der Waals surface area (Å²) in [6, 6.07) is 6.23. The van der Waals surface area contributed by atoms with Gasteiger partial charge < -0.3 is 20.7 Å². The minimum absolute atomic E-state index is 0.00109. The number of halogens is 1. The molecular formula is C18H29FN4O2. The molecule has 1 amide bonds. The lowest BCUT2D eigenvalue weighted by molar-refractivity contribution is -0.121. The van der Waals surface area contributed by atoms with Gasteiger partial charge in [-0.2, -0.15) is 0 Å². The number of nitrogens with one attached hydrogen (secondary N) is 3. The Kier molecular flexibility index (Phi) is 9.36. The van der Waals surface area contributed by atoms with Crippen molar-refractivity contribution in [3.8, 4) is 5.75 Å². The first kappa shape index (κ1) is 20.7. The van der Waals surface area contributed by atoms with E-state index in [-0.39, 0.29) is 23.9 Å². The standard InChI is InChI=1S/C18H29FN4O2/c1-5-15(25-16-8-6-7-14(19)11-16)12-22-18(20-4)21-10-9-17(24)23-13(2)3/h6-8,11,13,15H,5,9-10,12H2,1-4H3,(H,23,24)(H2,20,21,22). The molecule has 1 aromatic carbocycles. The average Bonchev–Trinajstić information content (AvgIpc) is 2.56. The van der Waals surface area contributed by atoms with Crippen LogP contribution >= 0.6 is 0 Å². The van der Waals surface area contributed by atoms with E-state index in [0.717, 1.165) is 6.42 Å². The van der Waals surface area contributed by atoms with Gasteiger partial charge in [0.25, 0.3) is 0 Å². The van der Waals surface area contributed by atoms with Crippen LogP contribution in [-0.2, 0) is 4.79 Å². The summed E-state index contributed by atoms with van der Waals surface area (Å²) in [6.45, 7) is 6.85. The first-order chi connectivity index (χ1) is 11.9. The predicted octanol–water partition coefficient (Wildman–Crippen LogP) is 2.06. The SMILES string of the molecule is CCC(CNC(=NC)NCCC(=O)NC(C)C)Oc1cccc(F)c1. The van der Waals surface area contributed by atoms with Crippen molar-refractivity contribution < 1.29 is 13.9 Å². The molecule has 1 rings (SSSR count). The third-order valence-corrected chi connectivity index (χ3v) is 3.37. The minimum Gasteiger partial charge on any atom is -0.489 e. The van der Waals surface area contributed by atoms with Crippen LogP contribution in [0.25, 0.3) is 0 Å². The molecule has 1 aromatic rings. The first-order valence-electron chi connectivity index (χ1n) is 8.60. The molecule has 0 aliphatic heterocycles. The lowest BCUT2D eigenvalue weighted by atomic mass is 10.2. The molecule has 1 unspecified atom stereocenters. The van der Waals surface area contributed by atoms with Crippen molar-refractivity contribution in [1.29, 1.82) is 0 Å². The molecule has 0 saturated carbocycles. The Hall–Kier alpha value is -2.31. The molecule has 0 fully saturated rings. The number of ether oxygens (including phenoxy) is 1. The van der Waals surface area contributed by atoms with Crippen molar-refractivity contribution >= 4 is 11.9 Å². The maximum atomic E-state index is 13.2. The Balaban J connectivity index is 2.37. The highest BCUT2D eigenvalue weighted by Crippen LogP contribution is 2.14. The maximum Gasteiger partial charge on any atom is 0.221 e. The van der Waals surface area contributed by atoms with Crippen LogP contribution in [0.5, 0.6) is 5.75 Å². The van der Waals surface area contributed by atoms with E-state index in [9.17, 15) is 9.18 Å². The molecule has 3 N–H and O–H groups in total. The van der Waals surface area contributed by atoms with E-state index in [2.05, 4.69) is 20.9 Å². The zero-order valence-corrected chi connectivity index (χ0v) is 15.4. The second-order valence-electron chi connectivity index (χ2n) is 5.96. The molecule has 25 heavy (non-hydrogen) atoms. The molecule has 0 spiro atoms. The topological polar surface area (TPSA) is 74.8 Å². The van der Waals surface area contributed by atoms with E-state index in [4.69, 9.17) is 4.74 Å². The number of rotatable bonds is 9. The van der Waals surface area contributed by atoms with Crippen LogP contribution in [0.1, 0.15) is 33.6 Å². The van der Waals surface area contributed by atoms with Crippen molar-refractivity contribution in [2.45, 2.75) is 45.8 Å². The third kappa shape index (κ3) is 8.93. The quantitative estimate of drug-likeness (QED) is 0.470. The van der Waals surface area contributed by atoms with Crippen molar-refractivity contribution in [2.24, 2.45) is 4.99 Å². The van der Waals surface area contributed by atoms with Gasteiger partial charge in [-0.15, -0.1) is 0 Å². The number of aliphatic imine (C=N–C) groups is 1. The molecule has 6 nitrogen and oxygen atoms in total. The van der Waals surface area contributed by atoms with Gasteiger partial charge in [0.15, 0.2) is 5.96 Å². The van der Waals surface area contributed by atoms with E-state index in [1.165, 1.54) is 12.1 Å². The highest BCUT2D eigenvalue weighted by Gasteiger charge is 2.10. The van der Waals surface area contributed by atoms with Gasteiger partial charge in [0.2, 0.25) is 5.91 Å². The number of carbonyl (C=O) groups excluding carboxylic acids is 1. The fourth-order valence-electron chi connectivity index (χ4n) is 2.12. The van der Waals surface area contributed by atoms with E-state index in [0.29, 0.717) is 31.2 Å². The number of hydrogen-bond donors (Lipinski definition) is 3. The summed E-state index contributed by atoms with van der Waals surface area (Å²) in [5.41, 5.74) is 0. The summed E-state index contributed by atoms with van der Waals surface area (Å²) in [6.07, 6.45) is 1.01. The van der Waals surface area contributed by atoms with Crippen molar-refractivity contribution in [3.63, 3.8) is 0 Å². The molecule has 1 atom stereocenters. The Morgan fingerprint density at radius 3 is 2.68 bits per heavy atom. The first-order valence-corrected chi connectivity index (χ1v) is 8.60. The Morgan fingerprint density at radius 1 is 1.32 bits per heavy atom. The normalized spacial score (nSPS) is 12.6. The van der Waals surface area contributed by atoms with Gasteiger partial charge in [0, 0.05) is 32.1 Å². The highest BCUT2D eigenvalue weighted by atomic mass is 19.1. The Morgan fingerprint density at radius 2 is 2.08 bits per heavy atom. The van der Waals surface area contributed by atoms with Crippen LogP contribution < -0.4 is 20.7 Å². The van der Waals surface area contributed by atoms with E-state index >= 15 is 0 Å². The molecule has 7 heteroatoms. The summed E-state index contributed by atoms with van der Waals surface area (Å²) in [5.74, 6) is 0.775. The van der Waals surface area contributed by atoms with Gasteiger partial charge in [0.05, 0.1) is 6.54 Å². The zero-order chi connectivity index (χ0) is 18.7. The molecule has 0 saturated heterocycles. The fraction of sp³-hybridized carbons (Fsp3) is 0.556. The van der Waals surface area contributed by atoms with Crippen LogP contribution in [0.2, 0.25) is 0 Å². The van der Waals surface area contributed by atoms with Gasteiger partial charge in [0.1, 0.15) is 17.7 Å². The van der Waals surface area contributed by atoms with Crippen LogP contribution in [-0.4, -0.2) is 44.1 Å². The van der Waals surface area contributed by atoms with Gasteiger partial charge in [-0.05, 0) is 32.4 Å². The van der Waals surface area contributed by atoms with Gasteiger partial charge in [-0.1, -0.05) is 13.0 Å². The monoisotopic (exact) mass is 352 g/mol. The summed E-state index contributed by atoms with van der Waals surface area (Å²) in [7, 11) is 1.66. The average molecular weight is 352 g/mol. The van der Waals surface area contributed by atoms with Crippen molar-refractivity contribution in [2.75, 3.05) is 20.1 Å². The number of benzene rings is 1. The number of hydrogen-bond acceptors (Lipinski definition) is 3. The lowest BCUT2D eigenvalue weighted by Crippen LogP contribution is -2.43. The summed E-state index contributed by atoms with van der Waals surface area (Å²) >= 11 is 0. The fourth-order valence-corrected chi connectivity index (χ4v) is 2.12. The predicted molar refractivity (Wildman–Crippen MR) is 98.4 cm³/mol. The van der Waals surface area contributed by atoms with Crippen LogP contribution in [0.4, 0.5) is 4.39 Å². The molecule has 0 heterocycles. The summed E-state index contributed by atoms with van der Waals surface area (Å²) < 4.78 is 19.0. The third-order valence-electron chi connectivity index (χ3n) is 3.37. The summed E-state index contributed by atoms with van der Waals surface area (Å²) in [4.78, 5) is 15.7. The van der Waals surface area contributed by atoms with Crippen LogP contribution in [0.3, 0.4) is 0 Å². The molecule has 0 radical (unpaired) electrons. The Labute approximate surface area is 149 Å². The molecule has 0 aliphatic carbocycles. The number of amides is 1. The molecular weight excluding hydrogens is 323 g/mol. The van der Waals surface area contributed by atoms with E-state index in [1.807, 2.05) is 20.8 Å². The number of guanidine groups is 1. The van der Waals surface area contributed by atoms with Crippen molar-refractivity contribution in [1.82, 2.24) is 16.0 Å². The van der Waals surface area contributed by atoms with Gasteiger partial charge >= 0.3 is 0 Å². The second-order valence-corrected chi connectivity index (χ2v) is 5.96. The van der Waals surface area contributed by atoms with Crippen molar-refractivity contribution in [3.05, 3.63) is 30.1 Å². The smallest absolute Gasteiger partial charge is 0.221 e. The molecule has 0 aromatic heterocycles. The largest absolute Gasteiger partial charge is 0.489 e. The van der Waals surface area contributed by atoms with E-state index < -0.39 is 0 Å². The highest BCUT2D eigenvalue weighted by molar-refractivity contribution is 5.81. The Bertz CT molecular complexity index is 564. The molecule has 140 valence electrons.